The Balaban J connectivity index is 1.07. The van der Waals surface area contributed by atoms with Gasteiger partial charge in [0.25, 0.3) is 0 Å². The summed E-state index contributed by atoms with van der Waals surface area (Å²) < 4.78 is 12.1. The van der Waals surface area contributed by atoms with Crippen molar-refractivity contribution in [2.75, 3.05) is 35.6 Å². The number of esters is 1. The van der Waals surface area contributed by atoms with E-state index < -0.39 is 11.6 Å². The number of ether oxygens (including phenoxy) is 2. The fourth-order valence-corrected chi connectivity index (χ4v) is 6.12. The number of amides is 1. The van der Waals surface area contributed by atoms with E-state index in [4.69, 9.17) is 33.2 Å². The number of fused-ring (bicyclic) bond motifs is 6. The Labute approximate surface area is 265 Å². The van der Waals surface area contributed by atoms with Crippen molar-refractivity contribution in [2.45, 2.75) is 17.2 Å². The highest BCUT2D eigenvalue weighted by molar-refractivity contribution is 7.99. The highest BCUT2D eigenvalue weighted by atomic mass is 32.2. The quantitative estimate of drug-likeness (QED) is 0.0633. The van der Waals surface area contributed by atoms with Gasteiger partial charge in [-0.05, 0) is 48.6 Å². The minimum absolute atomic E-state index is 0.0218. The molecule has 0 saturated carbocycles. The number of rotatable bonds is 8. The minimum atomic E-state index is -1.35. The summed E-state index contributed by atoms with van der Waals surface area (Å²) in [6.45, 7) is 0.677. The van der Waals surface area contributed by atoms with Crippen LogP contribution in [0.15, 0.2) is 59.8 Å². The molecule has 230 valence electrons. The molecule has 6 rings (SSSR count). The number of phenolic OH excluding ortho intramolecular Hbond substituents is 2. The van der Waals surface area contributed by atoms with Gasteiger partial charge in [-0.1, -0.05) is 17.8 Å². The molecule has 3 heterocycles. The smallest absolute Gasteiger partial charge is 0.340 e. The van der Waals surface area contributed by atoms with Crippen LogP contribution < -0.4 is 32.2 Å². The number of thiocarbonyl (C=S) groups is 1. The fourth-order valence-electron chi connectivity index (χ4n) is 5.11. The summed E-state index contributed by atoms with van der Waals surface area (Å²) >= 11 is 6.65. The fraction of sp³-hybridized carbons (Fsp3) is 0.172. The van der Waals surface area contributed by atoms with Gasteiger partial charge in [0.1, 0.15) is 23.0 Å². The van der Waals surface area contributed by atoms with Gasteiger partial charge >= 0.3 is 5.97 Å². The van der Waals surface area contributed by atoms with Gasteiger partial charge < -0.3 is 47.1 Å². The molecule has 0 atom stereocenters. The van der Waals surface area contributed by atoms with E-state index in [9.17, 15) is 19.8 Å². The molecule has 2 aliphatic heterocycles. The van der Waals surface area contributed by atoms with Gasteiger partial charge in [0, 0.05) is 59.8 Å². The molecule has 3 aromatic carbocycles. The van der Waals surface area contributed by atoms with E-state index in [2.05, 4.69) is 30.9 Å². The maximum absolute atomic E-state index is 13.3. The zero-order chi connectivity index (χ0) is 31.7. The number of nitrogens with zero attached hydrogens (tertiary/aromatic N) is 3. The van der Waals surface area contributed by atoms with Crippen LogP contribution in [0.3, 0.4) is 0 Å². The number of nitrogens with two attached hydrogens (primary N) is 2. The van der Waals surface area contributed by atoms with Gasteiger partial charge in [0.2, 0.25) is 17.8 Å². The molecular formula is C29H26N8O6S2. The lowest BCUT2D eigenvalue weighted by Gasteiger charge is -2.36. The zero-order valence-electron chi connectivity index (χ0n) is 23.4. The van der Waals surface area contributed by atoms with Crippen molar-refractivity contribution in [2.24, 2.45) is 0 Å². The number of nitrogens with one attached hydrogen (secondary N) is 3. The van der Waals surface area contributed by atoms with E-state index in [0.717, 1.165) is 0 Å². The van der Waals surface area contributed by atoms with E-state index in [0.29, 0.717) is 68.6 Å². The van der Waals surface area contributed by atoms with Crippen LogP contribution in [0.1, 0.15) is 33.5 Å². The molecule has 1 amide bonds. The summed E-state index contributed by atoms with van der Waals surface area (Å²) in [5, 5.41) is 29.7. The maximum atomic E-state index is 13.3. The molecule has 0 radical (unpaired) electrons. The number of carbonyl (C=O) groups excluding carboxylic acids is 2. The number of phenols is 2. The first-order valence-corrected chi connectivity index (χ1v) is 15.0. The minimum Gasteiger partial charge on any atom is -0.508 e. The van der Waals surface area contributed by atoms with Crippen molar-refractivity contribution in [1.82, 2.24) is 25.6 Å². The lowest BCUT2D eigenvalue weighted by Crippen LogP contribution is -2.36. The number of carbonyl (C=O) groups is 2. The van der Waals surface area contributed by atoms with Crippen molar-refractivity contribution in [3.05, 3.63) is 76.9 Å². The number of thioether (sulfide) groups is 1. The molecule has 1 aromatic heterocycles. The normalized spacial score (nSPS) is 13.6. The average Bonchev–Trinajstić information content (AvgIpc) is 3.26. The van der Waals surface area contributed by atoms with Crippen LogP contribution in [-0.4, -0.2) is 61.0 Å². The molecule has 9 N–H and O–H groups in total. The van der Waals surface area contributed by atoms with Crippen molar-refractivity contribution in [1.29, 1.82) is 0 Å². The Kier molecular flexibility index (Phi) is 7.90. The largest absolute Gasteiger partial charge is 0.508 e. The molecular weight excluding hydrogens is 621 g/mol. The van der Waals surface area contributed by atoms with Crippen LogP contribution in [0.2, 0.25) is 0 Å². The monoisotopic (exact) mass is 646 g/mol. The summed E-state index contributed by atoms with van der Waals surface area (Å²) in [7, 11) is 0. The number of aromatic hydroxyl groups is 2. The zero-order valence-corrected chi connectivity index (χ0v) is 25.0. The highest BCUT2D eigenvalue weighted by Gasteiger charge is 2.53. The van der Waals surface area contributed by atoms with Crippen LogP contribution in [0, 0.1) is 0 Å². The summed E-state index contributed by atoms with van der Waals surface area (Å²) in [6.07, 6.45) is 0.231. The maximum Gasteiger partial charge on any atom is 0.340 e. The van der Waals surface area contributed by atoms with Crippen LogP contribution >= 0.6 is 24.0 Å². The van der Waals surface area contributed by atoms with E-state index in [1.807, 2.05) is 0 Å². The van der Waals surface area contributed by atoms with Crippen LogP contribution in [0.5, 0.6) is 23.0 Å². The van der Waals surface area contributed by atoms with Crippen molar-refractivity contribution in [3.63, 3.8) is 0 Å². The summed E-state index contributed by atoms with van der Waals surface area (Å²) in [6, 6.07) is 14.3. The third kappa shape index (κ3) is 5.92. The molecule has 0 bridgehead atoms. The molecule has 0 fully saturated rings. The van der Waals surface area contributed by atoms with Gasteiger partial charge in [-0.15, -0.1) is 0 Å². The first kappa shape index (κ1) is 29.7. The second kappa shape index (κ2) is 12.0. The van der Waals surface area contributed by atoms with Crippen LogP contribution in [-0.2, 0) is 15.1 Å². The second-order valence-electron chi connectivity index (χ2n) is 9.96. The average molecular weight is 647 g/mol. The summed E-state index contributed by atoms with van der Waals surface area (Å²) in [4.78, 5) is 37.1. The molecule has 14 nitrogen and oxygen atoms in total. The summed E-state index contributed by atoms with van der Waals surface area (Å²) in [5.74, 6) is 0.298. The number of hydrogen-bond acceptors (Lipinski definition) is 13. The lowest BCUT2D eigenvalue weighted by molar-refractivity contribution is -0.120. The third-order valence-electron chi connectivity index (χ3n) is 6.97. The van der Waals surface area contributed by atoms with Crippen LogP contribution in [0.4, 0.5) is 17.6 Å². The lowest BCUT2D eigenvalue weighted by atomic mass is 9.77. The topological polar surface area (TPSA) is 220 Å². The Bertz CT molecular complexity index is 1780. The standard InChI is InChI=1S/C29H26N8O6S2/c30-25-35-26(31)37-28(36-25)45-10-7-23(40)32-8-9-33-27(44)34-14-1-4-18-17(11-14)24(41)43-29(18)19-5-2-15(38)12-21(19)42-22-13-16(39)3-6-20(22)29/h1-6,11-13,38-39H,7-10H2,(H,32,40)(H2,33,34,44)(H4,30,31,35,36,37). The first-order valence-electron chi connectivity index (χ1n) is 13.6. The Morgan fingerprint density at radius 3 is 2.18 bits per heavy atom. The predicted molar refractivity (Wildman–Crippen MR) is 169 cm³/mol. The van der Waals surface area contributed by atoms with E-state index >= 15 is 0 Å². The molecule has 45 heavy (non-hydrogen) atoms. The molecule has 0 unspecified atom stereocenters. The second-order valence-corrected chi connectivity index (χ2v) is 11.4. The number of aromatic nitrogens is 3. The van der Waals surface area contributed by atoms with Crippen molar-refractivity contribution >= 4 is 58.6 Å². The molecule has 0 aliphatic carbocycles. The SMILES string of the molecule is Nc1nc(N)nc(SCCC(=O)NCCNC(=S)Nc2ccc3c(c2)C(=O)OC32c3ccc(O)cc3Oc3cc(O)ccc32)n1. The molecule has 4 aromatic rings. The Morgan fingerprint density at radius 1 is 0.889 bits per heavy atom. The van der Waals surface area contributed by atoms with Crippen molar-refractivity contribution < 1.29 is 29.3 Å². The molecule has 1 spiro atoms. The Hall–Kier alpha value is -5.35. The van der Waals surface area contributed by atoms with Gasteiger partial charge in [-0.2, -0.15) is 15.0 Å². The first-order chi connectivity index (χ1) is 21.6. The van der Waals surface area contributed by atoms with Gasteiger partial charge in [-0.25, -0.2) is 4.79 Å². The molecule has 2 aliphatic rings. The van der Waals surface area contributed by atoms with Gasteiger partial charge in [0.05, 0.1) is 5.56 Å². The highest BCUT2D eigenvalue weighted by Crippen LogP contribution is 2.57. The third-order valence-corrected chi connectivity index (χ3v) is 8.07. The number of hydrogen-bond donors (Lipinski definition) is 7. The van der Waals surface area contributed by atoms with Gasteiger partial charge in [0.15, 0.2) is 15.9 Å². The number of anilines is 3. The summed E-state index contributed by atoms with van der Waals surface area (Å²) in [5.41, 5.74) is 12.2. The van der Waals surface area contributed by atoms with E-state index in [-0.39, 0.29) is 35.7 Å². The molecule has 16 heteroatoms. The predicted octanol–water partition coefficient (Wildman–Crippen LogP) is 2.60. The van der Waals surface area contributed by atoms with Crippen LogP contribution in [0.25, 0.3) is 0 Å². The molecule has 0 saturated heterocycles. The number of nitrogen functional groups attached to an aromatic ring is 2. The van der Waals surface area contributed by atoms with E-state index in [1.54, 1.807) is 30.3 Å². The number of benzene rings is 3. The van der Waals surface area contributed by atoms with Gasteiger partial charge in [-0.3, -0.25) is 4.79 Å². The Morgan fingerprint density at radius 2 is 1.51 bits per heavy atom. The van der Waals surface area contributed by atoms with Crippen molar-refractivity contribution in [3.8, 4) is 23.0 Å². The van der Waals surface area contributed by atoms with E-state index in [1.165, 1.54) is 36.0 Å².